The molecular formula is C21H20N4O4S. The van der Waals surface area contributed by atoms with Gasteiger partial charge in [-0.1, -0.05) is 30.3 Å². The number of sulfonamides is 1. The molecule has 0 atom stereocenters. The van der Waals surface area contributed by atoms with Crippen LogP contribution in [-0.2, 0) is 21.4 Å². The highest BCUT2D eigenvalue weighted by atomic mass is 32.2. The van der Waals surface area contributed by atoms with Crippen molar-refractivity contribution in [1.29, 1.82) is 0 Å². The van der Waals surface area contributed by atoms with Gasteiger partial charge in [0.1, 0.15) is 18.1 Å². The van der Waals surface area contributed by atoms with Gasteiger partial charge in [-0.15, -0.1) is 0 Å². The Labute approximate surface area is 173 Å². The Kier molecular flexibility index (Phi) is 5.39. The Balaban J connectivity index is 1.46. The third-order valence-corrected chi connectivity index (χ3v) is 6.46. The number of anilines is 1. The van der Waals surface area contributed by atoms with Crippen molar-refractivity contribution in [3.05, 3.63) is 78.9 Å². The molecule has 0 saturated carbocycles. The summed E-state index contributed by atoms with van der Waals surface area (Å²) in [5.74, 6) is 0.668. The summed E-state index contributed by atoms with van der Waals surface area (Å²) in [7, 11) is -2.44. The summed E-state index contributed by atoms with van der Waals surface area (Å²) in [5.41, 5.74) is 0. The van der Waals surface area contributed by atoms with Crippen LogP contribution in [0.25, 0.3) is 10.8 Å². The number of amides is 1. The van der Waals surface area contributed by atoms with Gasteiger partial charge in [0.15, 0.2) is 0 Å². The first kappa shape index (κ1) is 19.9. The predicted octanol–water partition coefficient (Wildman–Crippen LogP) is 2.94. The second-order valence-corrected chi connectivity index (χ2v) is 8.82. The van der Waals surface area contributed by atoms with Crippen LogP contribution in [0.1, 0.15) is 5.76 Å². The molecule has 0 radical (unpaired) electrons. The van der Waals surface area contributed by atoms with Crippen LogP contribution >= 0.6 is 0 Å². The lowest BCUT2D eigenvalue weighted by molar-refractivity contribution is -0.116. The number of nitrogens with zero attached hydrogens (tertiary/aromatic N) is 3. The molecule has 1 amide bonds. The zero-order valence-electron chi connectivity index (χ0n) is 16.2. The van der Waals surface area contributed by atoms with E-state index in [1.165, 1.54) is 7.05 Å². The molecule has 8 nitrogen and oxygen atoms in total. The monoisotopic (exact) mass is 424 g/mol. The van der Waals surface area contributed by atoms with Crippen molar-refractivity contribution >= 4 is 32.5 Å². The summed E-state index contributed by atoms with van der Waals surface area (Å²) < 4.78 is 33.7. The van der Waals surface area contributed by atoms with E-state index in [0.29, 0.717) is 18.1 Å². The Bertz CT molecular complexity index is 1280. The van der Waals surface area contributed by atoms with Crippen LogP contribution in [0.5, 0.6) is 0 Å². The van der Waals surface area contributed by atoms with Gasteiger partial charge in [0.25, 0.3) is 0 Å². The van der Waals surface area contributed by atoms with Gasteiger partial charge in [-0.05, 0) is 35.0 Å². The molecule has 0 aliphatic rings. The van der Waals surface area contributed by atoms with E-state index in [1.54, 1.807) is 53.5 Å². The van der Waals surface area contributed by atoms with Crippen LogP contribution in [0, 0.1) is 0 Å². The molecule has 0 bridgehead atoms. The van der Waals surface area contributed by atoms with Gasteiger partial charge in [-0.3, -0.25) is 4.79 Å². The van der Waals surface area contributed by atoms with Gasteiger partial charge in [0.05, 0.1) is 23.9 Å². The fraction of sp³-hybridized carbons (Fsp3) is 0.143. The number of likely N-dealkylation sites (N-methyl/N-ethyl adjacent to an activating group) is 1. The molecule has 4 rings (SSSR count). The molecule has 0 spiro atoms. The van der Waals surface area contributed by atoms with Crippen LogP contribution < -0.4 is 5.32 Å². The van der Waals surface area contributed by atoms with Crippen molar-refractivity contribution in [2.24, 2.45) is 0 Å². The Morgan fingerprint density at radius 1 is 1.10 bits per heavy atom. The fourth-order valence-electron chi connectivity index (χ4n) is 3.09. The number of carbonyl (C=O) groups excluding carboxylic acids is 1. The van der Waals surface area contributed by atoms with Crippen LogP contribution in [0.2, 0.25) is 0 Å². The average molecular weight is 424 g/mol. The Hall–Kier alpha value is -3.43. The molecule has 4 aromatic rings. The molecule has 1 N–H and O–H groups in total. The van der Waals surface area contributed by atoms with E-state index < -0.39 is 15.9 Å². The average Bonchev–Trinajstić information content (AvgIpc) is 3.40. The van der Waals surface area contributed by atoms with E-state index in [1.807, 2.05) is 24.3 Å². The van der Waals surface area contributed by atoms with E-state index in [2.05, 4.69) is 10.4 Å². The summed E-state index contributed by atoms with van der Waals surface area (Å²) in [6, 6.07) is 17.6. The minimum atomic E-state index is -3.82. The second kappa shape index (κ2) is 8.13. The van der Waals surface area contributed by atoms with Gasteiger partial charge in [-0.2, -0.15) is 9.40 Å². The number of rotatable bonds is 7. The van der Waals surface area contributed by atoms with Gasteiger partial charge >= 0.3 is 0 Å². The fourth-order valence-corrected chi connectivity index (χ4v) is 4.26. The standard InChI is InChI=1S/C21H20N4O4S/c1-24(30(27,28)19-9-8-16-5-2-3-6-17(16)13-19)15-21(26)23-20-10-11-22-25(20)14-18-7-4-12-29-18/h2-13H,14-15H2,1H3,(H,23,26). The number of fused-ring (bicyclic) bond motifs is 1. The Morgan fingerprint density at radius 2 is 1.90 bits per heavy atom. The molecular weight excluding hydrogens is 404 g/mol. The highest BCUT2D eigenvalue weighted by Gasteiger charge is 2.23. The van der Waals surface area contributed by atoms with Crippen molar-refractivity contribution < 1.29 is 17.6 Å². The number of furan rings is 1. The quantitative estimate of drug-likeness (QED) is 0.492. The third-order valence-electron chi connectivity index (χ3n) is 4.67. The maximum absolute atomic E-state index is 12.9. The van der Waals surface area contributed by atoms with E-state index in [-0.39, 0.29) is 11.4 Å². The summed E-state index contributed by atoms with van der Waals surface area (Å²) in [6.07, 6.45) is 3.11. The molecule has 0 saturated heterocycles. The van der Waals surface area contributed by atoms with Crippen LogP contribution in [0.4, 0.5) is 5.82 Å². The van der Waals surface area contributed by atoms with E-state index >= 15 is 0 Å². The lowest BCUT2D eigenvalue weighted by Gasteiger charge is -2.17. The number of aromatic nitrogens is 2. The largest absolute Gasteiger partial charge is 0.467 e. The predicted molar refractivity (Wildman–Crippen MR) is 112 cm³/mol. The molecule has 2 aromatic heterocycles. The molecule has 0 unspecified atom stereocenters. The number of hydrogen-bond acceptors (Lipinski definition) is 5. The number of nitrogens with one attached hydrogen (secondary N) is 1. The zero-order chi connectivity index (χ0) is 21.1. The highest BCUT2D eigenvalue weighted by Crippen LogP contribution is 2.21. The molecule has 0 aliphatic carbocycles. The lowest BCUT2D eigenvalue weighted by Crippen LogP contribution is -2.35. The topological polar surface area (TPSA) is 97.4 Å². The van der Waals surface area contributed by atoms with Gasteiger partial charge in [0, 0.05) is 13.1 Å². The van der Waals surface area contributed by atoms with Gasteiger partial charge in [0.2, 0.25) is 15.9 Å². The third kappa shape index (κ3) is 4.12. The smallest absolute Gasteiger partial charge is 0.243 e. The van der Waals surface area contributed by atoms with Crippen molar-refractivity contribution in [2.75, 3.05) is 18.9 Å². The summed E-state index contributed by atoms with van der Waals surface area (Å²) >= 11 is 0. The van der Waals surface area contributed by atoms with E-state index in [0.717, 1.165) is 15.1 Å². The summed E-state index contributed by atoms with van der Waals surface area (Å²) in [6.45, 7) is 0.0158. The van der Waals surface area contributed by atoms with Crippen molar-refractivity contribution in [2.45, 2.75) is 11.4 Å². The van der Waals surface area contributed by atoms with Gasteiger partial charge < -0.3 is 9.73 Å². The normalized spacial score (nSPS) is 11.8. The number of carbonyl (C=O) groups is 1. The molecule has 9 heteroatoms. The highest BCUT2D eigenvalue weighted by molar-refractivity contribution is 7.89. The number of benzene rings is 2. The molecule has 154 valence electrons. The molecule has 30 heavy (non-hydrogen) atoms. The van der Waals surface area contributed by atoms with Crippen molar-refractivity contribution in [1.82, 2.24) is 14.1 Å². The first-order valence-electron chi connectivity index (χ1n) is 9.23. The van der Waals surface area contributed by atoms with Crippen molar-refractivity contribution in [3.8, 4) is 0 Å². The Morgan fingerprint density at radius 3 is 2.67 bits per heavy atom. The van der Waals surface area contributed by atoms with Crippen molar-refractivity contribution in [3.63, 3.8) is 0 Å². The lowest BCUT2D eigenvalue weighted by atomic mass is 10.1. The second-order valence-electron chi connectivity index (χ2n) is 6.77. The number of hydrogen-bond donors (Lipinski definition) is 1. The SMILES string of the molecule is CN(CC(=O)Nc1ccnn1Cc1ccco1)S(=O)(=O)c1ccc2ccccc2c1. The van der Waals surface area contributed by atoms with Crippen LogP contribution in [-0.4, -0.2) is 42.0 Å². The minimum absolute atomic E-state index is 0.138. The summed E-state index contributed by atoms with van der Waals surface area (Å²) in [5, 5.41) is 8.62. The summed E-state index contributed by atoms with van der Waals surface area (Å²) in [4.78, 5) is 12.6. The van der Waals surface area contributed by atoms with Crippen LogP contribution in [0.3, 0.4) is 0 Å². The maximum atomic E-state index is 12.9. The molecule has 2 aromatic carbocycles. The first-order chi connectivity index (χ1) is 14.4. The molecule has 0 aliphatic heterocycles. The van der Waals surface area contributed by atoms with E-state index in [4.69, 9.17) is 4.42 Å². The first-order valence-corrected chi connectivity index (χ1v) is 10.7. The van der Waals surface area contributed by atoms with E-state index in [9.17, 15) is 13.2 Å². The molecule has 0 fully saturated rings. The molecule has 2 heterocycles. The zero-order valence-corrected chi connectivity index (χ0v) is 17.0. The van der Waals surface area contributed by atoms with Gasteiger partial charge in [-0.25, -0.2) is 13.1 Å². The van der Waals surface area contributed by atoms with Crippen LogP contribution in [0.15, 0.2) is 82.4 Å². The minimum Gasteiger partial charge on any atom is -0.467 e. The maximum Gasteiger partial charge on any atom is 0.243 e.